The van der Waals surface area contributed by atoms with Gasteiger partial charge in [0.2, 0.25) is 0 Å². The Morgan fingerprint density at radius 1 is 1.58 bits per heavy atom. The smallest absolute Gasteiger partial charge is 0.306 e. The molecule has 1 saturated carbocycles. The number of hydrogen-bond acceptors (Lipinski definition) is 4. The minimum absolute atomic E-state index is 0.0203. The largest absolute Gasteiger partial charge is 0.481 e. The Hall–Kier alpha value is -1.41. The van der Waals surface area contributed by atoms with Crippen LogP contribution in [0.15, 0.2) is 17.6 Å². The van der Waals surface area contributed by atoms with Gasteiger partial charge in [0.25, 0.3) is 10.0 Å². The molecule has 0 bridgehead atoms. The van der Waals surface area contributed by atoms with Crippen LogP contribution < -0.4 is 4.72 Å². The number of rotatable bonds is 5. The molecule has 0 radical (unpaired) electrons. The van der Waals surface area contributed by atoms with Crippen LogP contribution in [0, 0.1) is 5.92 Å². The average molecular weight is 287 g/mol. The highest BCUT2D eigenvalue weighted by Gasteiger charge is 2.33. The number of carbonyl (C=O) groups is 1. The molecule has 0 aliphatic heterocycles. The van der Waals surface area contributed by atoms with Gasteiger partial charge >= 0.3 is 5.97 Å². The van der Waals surface area contributed by atoms with E-state index in [-0.39, 0.29) is 11.1 Å². The normalized spacial score (nSPS) is 23.6. The number of carboxylic acid groups (broad SMARTS) is 1. The Morgan fingerprint density at radius 2 is 2.32 bits per heavy atom. The predicted molar refractivity (Wildman–Crippen MR) is 67.0 cm³/mol. The van der Waals surface area contributed by atoms with Crippen LogP contribution in [0.1, 0.15) is 26.2 Å². The van der Waals surface area contributed by atoms with Crippen LogP contribution >= 0.6 is 0 Å². The van der Waals surface area contributed by atoms with Gasteiger partial charge in [-0.05, 0) is 26.2 Å². The molecule has 106 valence electrons. The first kappa shape index (κ1) is 14.0. The summed E-state index contributed by atoms with van der Waals surface area (Å²) in [6, 6.07) is -0.321. The van der Waals surface area contributed by atoms with E-state index in [4.69, 9.17) is 5.11 Å². The van der Waals surface area contributed by atoms with Gasteiger partial charge in [0, 0.05) is 18.8 Å². The van der Waals surface area contributed by atoms with E-state index in [1.165, 1.54) is 12.5 Å². The van der Waals surface area contributed by atoms with Crippen LogP contribution in [0.25, 0.3) is 0 Å². The molecule has 1 heterocycles. The molecule has 0 amide bonds. The zero-order valence-electron chi connectivity index (χ0n) is 10.6. The highest BCUT2D eigenvalue weighted by atomic mass is 32.2. The topological polar surface area (TPSA) is 101 Å². The molecule has 8 heteroatoms. The molecular weight excluding hydrogens is 270 g/mol. The summed E-state index contributed by atoms with van der Waals surface area (Å²) in [6.45, 7) is 2.53. The zero-order valence-corrected chi connectivity index (χ0v) is 11.4. The number of imidazole rings is 1. The van der Waals surface area contributed by atoms with Gasteiger partial charge in [-0.3, -0.25) is 4.79 Å². The SMILES string of the molecule is CCn1cnc(S(=O)(=O)N[C@H]2CC[C@@H](C(=O)O)C2)c1. The molecule has 1 aromatic rings. The van der Waals surface area contributed by atoms with Crippen molar-refractivity contribution in [2.24, 2.45) is 5.92 Å². The average Bonchev–Trinajstić information content (AvgIpc) is 2.96. The van der Waals surface area contributed by atoms with Crippen LogP contribution in [0.3, 0.4) is 0 Å². The van der Waals surface area contributed by atoms with Gasteiger partial charge in [-0.25, -0.2) is 18.1 Å². The van der Waals surface area contributed by atoms with Gasteiger partial charge in [-0.15, -0.1) is 0 Å². The van der Waals surface area contributed by atoms with Crippen LogP contribution in [0.4, 0.5) is 0 Å². The second-order valence-corrected chi connectivity index (χ2v) is 6.37. The third kappa shape index (κ3) is 3.13. The van der Waals surface area contributed by atoms with Crippen LogP contribution in [-0.4, -0.2) is 35.1 Å². The number of nitrogens with one attached hydrogen (secondary N) is 1. The lowest BCUT2D eigenvalue weighted by Gasteiger charge is -2.11. The molecule has 1 aliphatic carbocycles. The second-order valence-electron chi connectivity index (χ2n) is 4.71. The minimum Gasteiger partial charge on any atom is -0.481 e. The lowest BCUT2D eigenvalue weighted by molar-refractivity contribution is -0.141. The van der Waals surface area contributed by atoms with Crippen LogP contribution in [-0.2, 0) is 21.4 Å². The summed E-state index contributed by atoms with van der Waals surface area (Å²) in [5.41, 5.74) is 0. The molecule has 2 atom stereocenters. The molecule has 0 aromatic carbocycles. The first-order valence-electron chi connectivity index (χ1n) is 6.19. The van der Waals surface area contributed by atoms with Crippen molar-refractivity contribution in [3.63, 3.8) is 0 Å². The van der Waals surface area contributed by atoms with E-state index in [2.05, 4.69) is 9.71 Å². The van der Waals surface area contributed by atoms with Crippen LogP contribution in [0.2, 0.25) is 0 Å². The van der Waals surface area contributed by atoms with Crippen molar-refractivity contribution in [2.45, 2.75) is 43.8 Å². The number of aryl methyl sites for hydroxylation is 1. The third-order valence-electron chi connectivity index (χ3n) is 3.35. The highest BCUT2D eigenvalue weighted by molar-refractivity contribution is 7.89. The first-order valence-corrected chi connectivity index (χ1v) is 7.67. The highest BCUT2D eigenvalue weighted by Crippen LogP contribution is 2.26. The van der Waals surface area contributed by atoms with Crippen molar-refractivity contribution in [2.75, 3.05) is 0 Å². The molecule has 0 unspecified atom stereocenters. The second kappa shape index (κ2) is 5.30. The van der Waals surface area contributed by atoms with Crippen molar-refractivity contribution in [1.29, 1.82) is 0 Å². The van der Waals surface area contributed by atoms with E-state index in [0.29, 0.717) is 25.8 Å². The maximum atomic E-state index is 12.1. The summed E-state index contributed by atoms with van der Waals surface area (Å²) in [7, 11) is -3.66. The molecule has 1 aliphatic rings. The van der Waals surface area contributed by atoms with E-state index in [1.54, 1.807) is 4.57 Å². The zero-order chi connectivity index (χ0) is 14.0. The van der Waals surface area contributed by atoms with Gasteiger partial charge in [-0.1, -0.05) is 0 Å². The Bertz CT molecular complexity index is 566. The van der Waals surface area contributed by atoms with Gasteiger partial charge in [0.15, 0.2) is 5.03 Å². The molecule has 1 fully saturated rings. The van der Waals surface area contributed by atoms with E-state index < -0.39 is 21.9 Å². The molecular formula is C11H17N3O4S. The molecule has 19 heavy (non-hydrogen) atoms. The molecule has 7 nitrogen and oxygen atoms in total. The Balaban J connectivity index is 2.04. The van der Waals surface area contributed by atoms with E-state index >= 15 is 0 Å². The predicted octanol–water partition coefficient (Wildman–Crippen LogP) is 0.435. The van der Waals surface area contributed by atoms with Gasteiger partial charge < -0.3 is 9.67 Å². The summed E-state index contributed by atoms with van der Waals surface area (Å²) >= 11 is 0. The first-order chi connectivity index (χ1) is 8.92. The molecule has 2 N–H and O–H groups in total. The van der Waals surface area contributed by atoms with Crippen molar-refractivity contribution in [3.8, 4) is 0 Å². The number of sulfonamides is 1. The Morgan fingerprint density at radius 3 is 2.84 bits per heavy atom. The fraction of sp³-hybridized carbons (Fsp3) is 0.636. The maximum absolute atomic E-state index is 12.1. The Kier molecular flexibility index (Phi) is 3.91. The van der Waals surface area contributed by atoms with Crippen molar-refractivity contribution in [1.82, 2.24) is 14.3 Å². The molecule has 0 saturated heterocycles. The summed E-state index contributed by atoms with van der Waals surface area (Å²) in [4.78, 5) is 14.7. The number of carboxylic acids is 1. The standard InChI is InChI=1S/C11H17N3O4S/c1-2-14-6-10(12-7-14)19(17,18)13-9-4-3-8(5-9)11(15)16/h6-9,13H,2-5H2,1H3,(H,15,16)/t8-,9+/m1/s1. The van der Waals surface area contributed by atoms with E-state index in [9.17, 15) is 13.2 Å². The van der Waals surface area contributed by atoms with Gasteiger partial charge in [0.05, 0.1) is 12.2 Å². The number of nitrogens with zero attached hydrogens (tertiary/aromatic N) is 2. The number of aromatic nitrogens is 2. The van der Waals surface area contributed by atoms with Crippen molar-refractivity contribution in [3.05, 3.63) is 12.5 Å². The quantitative estimate of drug-likeness (QED) is 0.818. The van der Waals surface area contributed by atoms with Crippen molar-refractivity contribution < 1.29 is 18.3 Å². The maximum Gasteiger partial charge on any atom is 0.306 e. The van der Waals surface area contributed by atoms with E-state index in [1.807, 2.05) is 6.92 Å². The number of aliphatic carboxylic acids is 1. The molecule has 0 spiro atoms. The molecule has 2 rings (SSSR count). The lowest BCUT2D eigenvalue weighted by atomic mass is 10.1. The summed E-state index contributed by atoms with van der Waals surface area (Å²) in [5.74, 6) is -1.32. The lowest BCUT2D eigenvalue weighted by Crippen LogP contribution is -2.33. The van der Waals surface area contributed by atoms with Crippen LogP contribution in [0.5, 0.6) is 0 Å². The fourth-order valence-electron chi connectivity index (χ4n) is 2.24. The van der Waals surface area contributed by atoms with E-state index in [0.717, 1.165) is 0 Å². The minimum atomic E-state index is -3.66. The summed E-state index contributed by atoms with van der Waals surface area (Å²) < 4.78 is 28.3. The summed E-state index contributed by atoms with van der Waals surface area (Å²) in [6.07, 6.45) is 4.31. The van der Waals surface area contributed by atoms with Gasteiger partial charge in [0.1, 0.15) is 0 Å². The summed E-state index contributed by atoms with van der Waals surface area (Å²) in [5, 5.41) is 8.87. The fourth-order valence-corrected chi connectivity index (χ4v) is 3.48. The van der Waals surface area contributed by atoms with Crippen molar-refractivity contribution >= 4 is 16.0 Å². The monoisotopic (exact) mass is 287 g/mol. The third-order valence-corrected chi connectivity index (χ3v) is 4.76. The molecule has 1 aromatic heterocycles. The Labute approximate surface area is 111 Å². The number of hydrogen-bond donors (Lipinski definition) is 2. The van der Waals surface area contributed by atoms with Gasteiger partial charge in [-0.2, -0.15) is 0 Å².